The molecule has 0 unspecified atom stereocenters. The van der Waals surface area contributed by atoms with Gasteiger partial charge in [0.15, 0.2) is 29.6 Å². The maximum Gasteiger partial charge on any atom is 0.271 e. The summed E-state index contributed by atoms with van der Waals surface area (Å²) in [5.74, 6) is 0.924. The van der Waals surface area contributed by atoms with Gasteiger partial charge < -0.3 is 24.3 Å². The predicted molar refractivity (Wildman–Crippen MR) is 170 cm³/mol. The maximum atomic E-state index is 12.8. The molecule has 0 heterocycles. The summed E-state index contributed by atoms with van der Waals surface area (Å²) in [5.41, 5.74) is 5.10. The Bertz CT molecular complexity index is 1580. The van der Waals surface area contributed by atoms with Crippen molar-refractivity contribution in [1.29, 1.82) is 0 Å². The number of carbonyl (C=O) groups is 2. The molecule has 0 saturated carbocycles. The molecule has 222 valence electrons. The zero-order chi connectivity index (χ0) is 30.6. The molecule has 2 N–H and O–H groups in total. The number of amides is 2. The molecule has 0 aliphatic rings. The number of benzene rings is 4. The lowest BCUT2D eigenvalue weighted by molar-refractivity contribution is -0.118. The molecule has 0 radical (unpaired) electrons. The Kier molecular flexibility index (Phi) is 11.4. The molecule has 0 fully saturated rings. The number of carbonyl (C=O) groups excluding carboxylic acids is 2. The fourth-order valence-corrected chi connectivity index (χ4v) is 4.52. The average Bonchev–Trinajstić information content (AvgIpc) is 3.01. The van der Waals surface area contributed by atoms with E-state index in [9.17, 15) is 9.59 Å². The van der Waals surface area contributed by atoms with Crippen molar-refractivity contribution in [3.8, 4) is 23.0 Å². The maximum absolute atomic E-state index is 12.8. The first-order valence-corrected chi connectivity index (χ1v) is 14.4. The molecule has 0 aromatic heterocycles. The average molecular weight is 667 g/mol. The smallest absolute Gasteiger partial charge is 0.271 e. The van der Waals surface area contributed by atoms with E-state index in [1.807, 2.05) is 37.3 Å². The number of methoxy groups -OCH3 is 1. The third kappa shape index (κ3) is 9.22. The van der Waals surface area contributed by atoms with Gasteiger partial charge in [-0.2, -0.15) is 5.10 Å². The van der Waals surface area contributed by atoms with E-state index in [-0.39, 0.29) is 12.5 Å². The van der Waals surface area contributed by atoms with Crippen LogP contribution in [0.2, 0.25) is 5.02 Å². The molecule has 0 saturated heterocycles. The molecule has 0 aliphatic heterocycles. The number of halogens is 2. The number of nitrogens with zero attached hydrogens (tertiary/aromatic N) is 1. The second-order valence-electron chi connectivity index (χ2n) is 8.95. The molecule has 2 amide bonds. The Hall–Kier alpha value is -4.54. The van der Waals surface area contributed by atoms with Crippen LogP contribution in [0, 0.1) is 0 Å². The minimum Gasteiger partial charge on any atom is -0.493 e. The molecule has 9 nitrogen and oxygen atoms in total. The largest absolute Gasteiger partial charge is 0.493 e. The van der Waals surface area contributed by atoms with Crippen LogP contribution in [-0.2, 0) is 11.4 Å². The Morgan fingerprint density at radius 1 is 0.907 bits per heavy atom. The number of nitrogens with one attached hydrogen (secondary N) is 2. The molecule has 4 aromatic rings. The third-order valence-corrected chi connectivity index (χ3v) is 6.69. The van der Waals surface area contributed by atoms with Crippen LogP contribution in [0.5, 0.6) is 23.0 Å². The van der Waals surface area contributed by atoms with Gasteiger partial charge in [-0.3, -0.25) is 9.59 Å². The summed E-state index contributed by atoms with van der Waals surface area (Å²) in [7, 11) is 1.48. The van der Waals surface area contributed by atoms with Gasteiger partial charge >= 0.3 is 0 Å². The first kappa shape index (κ1) is 31.4. The summed E-state index contributed by atoms with van der Waals surface area (Å²) >= 11 is 9.33. The monoisotopic (exact) mass is 665 g/mol. The van der Waals surface area contributed by atoms with Gasteiger partial charge in [0.05, 0.1) is 24.4 Å². The highest BCUT2D eigenvalue weighted by atomic mass is 79.9. The van der Waals surface area contributed by atoms with Gasteiger partial charge in [0.25, 0.3) is 11.8 Å². The molecule has 43 heavy (non-hydrogen) atoms. The predicted octanol–water partition coefficient (Wildman–Crippen LogP) is 6.87. The number of ether oxygens (including phenoxy) is 4. The van der Waals surface area contributed by atoms with Crippen molar-refractivity contribution in [3.63, 3.8) is 0 Å². The molecule has 0 bridgehead atoms. The Labute approximate surface area is 262 Å². The van der Waals surface area contributed by atoms with Crippen molar-refractivity contribution in [3.05, 3.63) is 111 Å². The van der Waals surface area contributed by atoms with Gasteiger partial charge in [-0.05, 0) is 88.6 Å². The summed E-state index contributed by atoms with van der Waals surface area (Å²) in [6, 6.07) is 24.8. The van der Waals surface area contributed by atoms with Gasteiger partial charge in [0, 0.05) is 16.3 Å². The van der Waals surface area contributed by atoms with Crippen LogP contribution in [0.25, 0.3) is 0 Å². The number of hydrazone groups is 1. The molecular weight excluding hydrogens is 638 g/mol. The highest BCUT2D eigenvalue weighted by Crippen LogP contribution is 2.36. The Morgan fingerprint density at radius 3 is 2.40 bits per heavy atom. The molecule has 0 aliphatic carbocycles. The van der Waals surface area contributed by atoms with Crippen molar-refractivity contribution < 1.29 is 28.5 Å². The van der Waals surface area contributed by atoms with E-state index in [4.69, 9.17) is 30.5 Å². The van der Waals surface area contributed by atoms with Crippen LogP contribution >= 0.6 is 27.5 Å². The van der Waals surface area contributed by atoms with Crippen molar-refractivity contribution in [1.82, 2.24) is 5.43 Å². The van der Waals surface area contributed by atoms with Gasteiger partial charge in [-0.25, -0.2) is 5.43 Å². The summed E-state index contributed by atoms with van der Waals surface area (Å²) in [6.07, 6.45) is 1.46. The molecule has 0 atom stereocenters. The van der Waals surface area contributed by atoms with Crippen LogP contribution in [0.4, 0.5) is 5.69 Å². The second kappa shape index (κ2) is 15.6. The van der Waals surface area contributed by atoms with Crippen LogP contribution in [-0.4, -0.2) is 38.4 Å². The van der Waals surface area contributed by atoms with Crippen LogP contribution in [0.15, 0.2) is 94.5 Å². The number of anilines is 1. The van der Waals surface area contributed by atoms with E-state index in [1.165, 1.54) is 13.3 Å². The van der Waals surface area contributed by atoms with Crippen LogP contribution in [0.3, 0.4) is 0 Å². The first-order chi connectivity index (χ1) is 20.9. The number of hydrogen-bond acceptors (Lipinski definition) is 7. The van der Waals surface area contributed by atoms with Crippen molar-refractivity contribution in [2.24, 2.45) is 5.10 Å². The Morgan fingerprint density at radius 2 is 1.67 bits per heavy atom. The number of rotatable bonds is 13. The van der Waals surface area contributed by atoms with E-state index in [2.05, 4.69) is 31.8 Å². The minimum atomic E-state index is -0.426. The summed E-state index contributed by atoms with van der Waals surface area (Å²) < 4.78 is 23.3. The van der Waals surface area contributed by atoms with Crippen LogP contribution < -0.4 is 29.7 Å². The van der Waals surface area contributed by atoms with Crippen molar-refractivity contribution in [2.75, 3.05) is 25.6 Å². The fourth-order valence-electron chi connectivity index (χ4n) is 3.82. The lowest BCUT2D eigenvalue weighted by Gasteiger charge is -2.14. The summed E-state index contributed by atoms with van der Waals surface area (Å²) in [4.78, 5) is 25.1. The minimum absolute atomic E-state index is 0.249. The highest BCUT2D eigenvalue weighted by Gasteiger charge is 2.15. The Balaban J connectivity index is 1.36. The normalized spacial score (nSPS) is 10.7. The SMILES string of the molecule is CCOc1cc(C(=O)N/N=C/c2cc(Br)c(OCC(=O)Nc3ccc(Cl)cc3)c(OC)c2)ccc1OCc1ccccc1. The highest BCUT2D eigenvalue weighted by molar-refractivity contribution is 9.10. The quantitative estimate of drug-likeness (QED) is 0.119. The zero-order valence-corrected chi connectivity index (χ0v) is 25.8. The van der Waals surface area contributed by atoms with Crippen LogP contribution in [0.1, 0.15) is 28.4 Å². The van der Waals surface area contributed by atoms with Gasteiger partial charge in [-0.1, -0.05) is 41.9 Å². The fraction of sp³-hybridized carbons (Fsp3) is 0.156. The lowest BCUT2D eigenvalue weighted by atomic mass is 10.2. The summed E-state index contributed by atoms with van der Waals surface area (Å²) in [5, 5.41) is 7.38. The van der Waals surface area contributed by atoms with Gasteiger partial charge in [0.2, 0.25) is 0 Å². The van der Waals surface area contributed by atoms with Crippen molar-refractivity contribution >= 4 is 51.2 Å². The molecule has 0 spiro atoms. The second-order valence-corrected chi connectivity index (χ2v) is 10.2. The van der Waals surface area contributed by atoms with E-state index >= 15 is 0 Å². The topological polar surface area (TPSA) is 107 Å². The lowest BCUT2D eigenvalue weighted by Crippen LogP contribution is -2.20. The molecule has 4 aromatic carbocycles. The standard InChI is InChI=1S/C32H29BrClN3O6/c1-3-41-28-17-23(9-14-27(28)42-19-21-7-5-4-6-8-21)32(39)37-35-18-22-15-26(33)31(29(16-22)40-2)43-20-30(38)36-25-12-10-24(34)11-13-25/h4-18H,3,19-20H2,1-2H3,(H,36,38)(H,37,39)/b35-18+. The van der Waals surface area contributed by atoms with E-state index in [0.717, 1.165) is 5.56 Å². The van der Waals surface area contributed by atoms with E-state index in [0.29, 0.717) is 62.5 Å². The number of hydrogen-bond donors (Lipinski definition) is 2. The summed E-state index contributed by atoms with van der Waals surface area (Å²) in [6.45, 7) is 2.39. The van der Waals surface area contributed by atoms with Gasteiger partial charge in [-0.15, -0.1) is 0 Å². The van der Waals surface area contributed by atoms with Crippen molar-refractivity contribution in [2.45, 2.75) is 13.5 Å². The third-order valence-electron chi connectivity index (χ3n) is 5.85. The van der Waals surface area contributed by atoms with Gasteiger partial charge in [0.1, 0.15) is 6.61 Å². The first-order valence-electron chi connectivity index (χ1n) is 13.2. The molecular formula is C32H29BrClN3O6. The zero-order valence-electron chi connectivity index (χ0n) is 23.4. The molecule has 4 rings (SSSR count). The van der Waals surface area contributed by atoms with E-state index < -0.39 is 5.91 Å². The molecule has 11 heteroatoms. The van der Waals surface area contributed by atoms with E-state index in [1.54, 1.807) is 54.6 Å².